The standard InChI is InChI=1S/C12H16Cl2N2O2/c1-18-11-4-2-10(3-5-11)15-12(17)16(8-6-13)9-7-14/h2-5H,6-9H2,1H3,(H,15,17). The zero-order valence-corrected chi connectivity index (χ0v) is 11.7. The summed E-state index contributed by atoms with van der Waals surface area (Å²) in [6.07, 6.45) is 0. The molecule has 0 aliphatic heterocycles. The van der Waals surface area contributed by atoms with Gasteiger partial charge in [0, 0.05) is 30.5 Å². The molecule has 0 aliphatic rings. The van der Waals surface area contributed by atoms with Gasteiger partial charge in [0.15, 0.2) is 0 Å². The number of carbonyl (C=O) groups is 1. The molecule has 0 aromatic heterocycles. The second kappa shape index (κ2) is 8.06. The minimum atomic E-state index is -0.207. The highest BCUT2D eigenvalue weighted by atomic mass is 35.5. The van der Waals surface area contributed by atoms with E-state index in [1.807, 2.05) is 0 Å². The predicted octanol–water partition coefficient (Wildman–Crippen LogP) is 3.01. The fourth-order valence-corrected chi connectivity index (χ4v) is 1.80. The van der Waals surface area contributed by atoms with E-state index in [4.69, 9.17) is 27.9 Å². The monoisotopic (exact) mass is 290 g/mol. The van der Waals surface area contributed by atoms with Gasteiger partial charge in [0.1, 0.15) is 5.75 Å². The molecular formula is C12H16Cl2N2O2. The van der Waals surface area contributed by atoms with E-state index in [1.165, 1.54) is 0 Å². The van der Waals surface area contributed by atoms with E-state index in [0.717, 1.165) is 5.75 Å². The van der Waals surface area contributed by atoms with Crippen molar-refractivity contribution in [1.82, 2.24) is 4.90 Å². The first-order chi connectivity index (χ1) is 8.71. The molecule has 0 aliphatic carbocycles. The van der Waals surface area contributed by atoms with Gasteiger partial charge in [-0.25, -0.2) is 4.79 Å². The van der Waals surface area contributed by atoms with Crippen LogP contribution in [-0.2, 0) is 0 Å². The largest absolute Gasteiger partial charge is 0.497 e. The van der Waals surface area contributed by atoms with Crippen LogP contribution in [0.5, 0.6) is 5.75 Å². The first-order valence-electron chi connectivity index (χ1n) is 5.53. The number of amides is 2. The van der Waals surface area contributed by atoms with E-state index < -0.39 is 0 Å². The molecule has 0 heterocycles. The molecule has 0 saturated carbocycles. The molecule has 0 saturated heterocycles. The van der Waals surface area contributed by atoms with Crippen molar-refractivity contribution < 1.29 is 9.53 Å². The number of alkyl halides is 2. The maximum Gasteiger partial charge on any atom is 0.321 e. The third-order valence-corrected chi connectivity index (χ3v) is 2.68. The normalized spacial score (nSPS) is 9.94. The lowest BCUT2D eigenvalue weighted by atomic mass is 10.3. The van der Waals surface area contributed by atoms with Gasteiger partial charge in [0.25, 0.3) is 0 Å². The Hall–Kier alpha value is -1.13. The summed E-state index contributed by atoms with van der Waals surface area (Å²) in [7, 11) is 1.59. The molecule has 0 fully saturated rings. The molecule has 4 nitrogen and oxygen atoms in total. The number of rotatable bonds is 6. The number of anilines is 1. The molecule has 2 amide bonds. The Morgan fingerprint density at radius 3 is 2.22 bits per heavy atom. The number of hydrogen-bond acceptors (Lipinski definition) is 2. The SMILES string of the molecule is COc1ccc(NC(=O)N(CCCl)CCCl)cc1. The number of carbonyl (C=O) groups excluding carboxylic acids is 1. The number of nitrogens with zero attached hydrogens (tertiary/aromatic N) is 1. The number of hydrogen-bond donors (Lipinski definition) is 1. The number of methoxy groups -OCH3 is 1. The Bertz CT molecular complexity index is 365. The Kier molecular flexibility index (Phi) is 6.68. The Labute approximate surface area is 117 Å². The summed E-state index contributed by atoms with van der Waals surface area (Å²) in [5.41, 5.74) is 0.704. The van der Waals surface area contributed by atoms with Crippen LogP contribution in [0.25, 0.3) is 0 Å². The van der Waals surface area contributed by atoms with Crippen LogP contribution in [0.4, 0.5) is 10.5 Å². The fourth-order valence-electron chi connectivity index (χ4n) is 1.40. The van der Waals surface area contributed by atoms with Crippen molar-refractivity contribution in [3.8, 4) is 5.75 Å². The summed E-state index contributed by atoms with van der Waals surface area (Å²) in [6.45, 7) is 0.937. The highest BCUT2D eigenvalue weighted by Gasteiger charge is 2.12. The zero-order valence-electron chi connectivity index (χ0n) is 10.2. The first kappa shape index (κ1) is 14.9. The number of ether oxygens (including phenoxy) is 1. The molecule has 18 heavy (non-hydrogen) atoms. The van der Waals surface area contributed by atoms with Gasteiger partial charge in [-0.2, -0.15) is 0 Å². The second-order valence-corrected chi connectivity index (χ2v) is 4.28. The third-order valence-electron chi connectivity index (χ3n) is 2.34. The quantitative estimate of drug-likeness (QED) is 0.819. The lowest BCUT2D eigenvalue weighted by molar-refractivity contribution is 0.218. The van der Waals surface area contributed by atoms with Crippen LogP contribution in [0.2, 0.25) is 0 Å². The summed E-state index contributed by atoms with van der Waals surface area (Å²) in [5.74, 6) is 1.51. The van der Waals surface area contributed by atoms with Crippen molar-refractivity contribution >= 4 is 34.9 Å². The molecule has 0 bridgehead atoms. The van der Waals surface area contributed by atoms with Crippen molar-refractivity contribution in [2.45, 2.75) is 0 Å². The van der Waals surface area contributed by atoms with Gasteiger partial charge in [0.05, 0.1) is 7.11 Å². The molecule has 0 atom stereocenters. The van der Waals surface area contributed by atoms with E-state index in [-0.39, 0.29) is 6.03 Å². The van der Waals surface area contributed by atoms with E-state index >= 15 is 0 Å². The smallest absolute Gasteiger partial charge is 0.321 e. The first-order valence-corrected chi connectivity index (χ1v) is 6.60. The summed E-state index contributed by atoms with van der Waals surface area (Å²) >= 11 is 11.3. The number of nitrogens with one attached hydrogen (secondary N) is 1. The van der Waals surface area contributed by atoms with Crippen LogP contribution in [0, 0.1) is 0 Å². The van der Waals surface area contributed by atoms with E-state index in [0.29, 0.717) is 30.5 Å². The predicted molar refractivity (Wildman–Crippen MR) is 75.0 cm³/mol. The number of urea groups is 1. The number of benzene rings is 1. The molecule has 0 unspecified atom stereocenters. The lowest BCUT2D eigenvalue weighted by Gasteiger charge is -2.21. The van der Waals surface area contributed by atoms with Gasteiger partial charge in [0.2, 0.25) is 0 Å². The summed E-state index contributed by atoms with van der Waals surface area (Å²) in [5, 5.41) is 2.78. The van der Waals surface area contributed by atoms with Crippen molar-refractivity contribution in [2.75, 3.05) is 37.3 Å². The average Bonchev–Trinajstić information content (AvgIpc) is 2.39. The molecule has 1 aromatic carbocycles. The van der Waals surface area contributed by atoms with Crippen LogP contribution in [0.1, 0.15) is 0 Å². The number of halogens is 2. The van der Waals surface area contributed by atoms with Crippen LogP contribution >= 0.6 is 23.2 Å². The van der Waals surface area contributed by atoms with Crippen LogP contribution in [0.3, 0.4) is 0 Å². The topological polar surface area (TPSA) is 41.6 Å². The van der Waals surface area contributed by atoms with Gasteiger partial charge in [-0.15, -0.1) is 23.2 Å². The Balaban J connectivity index is 2.60. The molecule has 0 spiro atoms. The average molecular weight is 291 g/mol. The third kappa shape index (κ3) is 4.63. The van der Waals surface area contributed by atoms with E-state index in [2.05, 4.69) is 5.32 Å². The maximum atomic E-state index is 11.9. The fraction of sp³-hybridized carbons (Fsp3) is 0.417. The highest BCUT2D eigenvalue weighted by molar-refractivity contribution is 6.18. The van der Waals surface area contributed by atoms with Gasteiger partial charge >= 0.3 is 6.03 Å². The van der Waals surface area contributed by atoms with Crippen LogP contribution in [0.15, 0.2) is 24.3 Å². The van der Waals surface area contributed by atoms with Crippen molar-refractivity contribution in [1.29, 1.82) is 0 Å². The second-order valence-electron chi connectivity index (χ2n) is 3.52. The van der Waals surface area contributed by atoms with E-state index in [9.17, 15) is 4.79 Å². The molecule has 0 radical (unpaired) electrons. The lowest BCUT2D eigenvalue weighted by Crippen LogP contribution is -2.37. The van der Waals surface area contributed by atoms with Crippen molar-refractivity contribution in [3.05, 3.63) is 24.3 Å². The van der Waals surface area contributed by atoms with Gasteiger partial charge in [-0.3, -0.25) is 0 Å². The summed E-state index contributed by atoms with van der Waals surface area (Å²) in [6, 6.07) is 6.90. The molecule has 100 valence electrons. The van der Waals surface area contributed by atoms with E-state index in [1.54, 1.807) is 36.3 Å². The molecular weight excluding hydrogens is 275 g/mol. The molecule has 1 N–H and O–H groups in total. The molecule has 1 rings (SSSR count). The Morgan fingerprint density at radius 2 is 1.78 bits per heavy atom. The Morgan fingerprint density at radius 1 is 1.22 bits per heavy atom. The molecule has 1 aromatic rings. The van der Waals surface area contributed by atoms with Gasteiger partial charge in [-0.05, 0) is 24.3 Å². The van der Waals surface area contributed by atoms with Crippen LogP contribution < -0.4 is 10.1 Å². The van der Waals surface area contributed by atoms with Gasteiger partial charge < -0.3 is 15.0 Å². The highest BCUT2D eigenvalue weighted by Crippen LogP contribution is 2.15. The van der Waals surface area contributed by atoms with Crippen molar-refractivity contribution in [3.63, 3.8) is 0 Å². The summed E-state index contributed by atoms with van der Waals surface area (Å²) in [4.78, 5) is 13.5. The van der Waals surface area contributed by atoms with Crippen LogP contribution in [-0.4, -0.2) is 42.9 Å². The maximum absolute atomic E-state index is 11.9. The zero-order chi connectivity index (χ0) is 13.4. The summed E-state index contributed by atoms with van der Waals surface area (Å²) < 4.78 is 5.04. The van der Waals surface area contributed by atoms with Crippen molar-refractivity contribution in [2.24, 2.45) is 0 Å². The minimum absolute atomic E-state index is 0.207. The van der Waals surface area contributed by atoms with Gasteiger partial charge in [-0.1, -0.05) is 0 Å². The minimum Gasteiger partial charge on any atom is -0.497 e. The molecule has 6 heteroatoms.